The van der Waals surface area contributed by atoms with E-state index in [1.807, 2.05) is 36.2 Å². The van der Waals surface area contributed by atoms with Crippen LogP contribution in [0.3, 0.4) is 0 Å². The van der Waals surface area contributed by atoms with Crippen molar-refractivity contribution in [2.75, 3.05) is 11.9 Å². The van der Waals surface area contributed by atoms with Crippen LogP contribution in [-0.2, 0) is 12.4 Å². The number of anilines is 1. The van der Waals surface area contributed by atoms with Gasteiger partial charge in [0.15, 0.2) is 0 Å². The second-order valence-corrected chi connectivity index (χ2v) is 5.07. The smallest absolute Gasteiger partial charge is 0.123 e. The molecule has 0 unspecified atom stereocenters. The fourth-order valence-corrected chi connectivity index (χ4v) is 2.43. The first kappa shape index (κ1) is 14.2. The van der Waals surface area contributed by atoms with Crippen molar-refractivity contribution in [3.05, 3.63) is 64.4 Å². The second-order valence-electron chi connectivity index (χ2n) is 4.40. The Bertz CT molecular complexity index is 572. The Morgan fingerprint density at radius 2 is 1.95 bits per heavy atom. The summed E-state index contributed by atoms with van der Waals surface area (Å²) in [5.74, 6) is 0.175. The molecule has 0 heterocycles. The Kier molecular flexibility index (Phi) is 4.67. The summed E-state index contributed by atoms with van der Waals surface area (Å²) < 4.78 is 13.1. The van der Waals surface area contributed by atoms with Crippen molar-refractivity contribution in [3.63, 3.8) is 0 Å². The molecule has 0 amide bonds. The van der Waals surface area contributed by atoms with Gasteiger partial charge in [-0.05, 0) is 35.4 Å². The summed E-state index contributed by atoms with van der Waals surface area (Å²) in [5, 5.41) is 0.651. The highest BCUT2D eigenvalue weighted by Gasteiger charge is 2.06. The van der Waals surface area contributed by atoms with Gasteiger partial charge in [0.05, 0.1) is 0 Å². The zero-order valence-corrected chi connectivity index (χ0v) is 12.0. The van der Waals surface area contributed by atoms with Crippen molar-refractivity contribution in [3.8, 4) is 0 Å². The molecule has 0 saturated heterocycles. The van der Waals surface area contributed by atoms with Crippen LogP contribution in [0.5, 0.6) is 0 Å². The third kappa shape index (κ3) is 3.62. The average Bonchev–Trinajstić information content (AvgIpc) is 2.38. The third-order valence-electron chi connectivity index (χ3n) is 2.93. The van der Waals surface area contributed by atoms with Crippen LogP contribution in [0.2, 0.25) is 5.02 Å². The van der Waals surface area contributed by atoms with Crippen LogP contribution < -0.4 is 4.90 Å². The lowest BCUT2D eigenvalue weighted by Crippen LogP contribution is -2.16. The topological polar surface area (TPSA) is 3.24 Å². The molecule has 0 atom stereocenters. The molecule has 0 N–H and O–H groups in total. The molecule has 0 saturated carbocycles. The van der Waals surface area contributed by atoms with Crippen LogP contribution in [0, 0.1) is 5.82 Å². The minimum Gasteiger partial charge on any atom is -0.370 e. The Labute approximate surface area is 122 Å². The summed E-state index contributed by atoms with van der Waals surface area (Å²) in [6.07, 6.45) is 0. The Morgan fingerprint density at radius 3 is 2.58 bits per heavy atom. The van der Waals surface area contributed by atoms with Crippen LogP contribution in [0.4, 0.5) is 10.1 Å². The minimum absolute atomic E-state index is 0.221. The fraction of sp³-hybridized carbons (Fsp3) is 0.200. The molecule has 2 aromatic carbocycles. The molecule has 19 heavy (non-hydrogen) atoms. The van der Waals surface area contributed by atoms with Gasteiger partial charge in [-0.15, -0.1) is 11.6 Å². The molecule has 0 bridgehead atoms. The lowest BCUT2D eigenvalue weighted by molar-refractivity contribution is 0.625. The monoisotopic (exact) mass is 297 g/mol. The van der Waals surface area contributed by atoms with E-state index in [1.165, 1.54) is 12.1 Å². The first-order valence-corrected chi connectivity index (χ1v) is 6.81. The van der Waals surface area contributed by atoms with Crippen molar-refractivity contribution in [2.45, 2.75) is 12.4 Å². The van der Waals surface area contributed by atoms with Crippen molar-refractivity contribution < 1.29 is 4.39 Å². The lowest BCUT2D eigenvalue weighted by Gasteiger charge is -2.20. The van der Waals surface area contributed by atoms with Crippen molar-refractivity contribution in [1.29, 1.82) is 0 Å². The van der Waals surface area contributed by atoms with E-state index in [2.05, 4.69) is 0 Å². The quantitative estimate of drug-likeness (QED) is 0.729. The van der Waals surface area contributed by atoms with Crippen LogP contribution in [0.25, 0.3) is 0 Å². The van der Waals surface area contributed by atoms with Gasteiger partial charge < -0.3 is 4.90 Å². The van der Waals surface area contributed by atoms with Crippen molar-refractivity contribution in [1.82, 2.24) is 0 Å². The van der Waals surface area contributed by atoms with Crippen LogP contribution >= 0.6 is 23.2 Å². The first-order chi connectivity index (χ1) is 9.10. The molecule has 4 heteroatoms. The molecule has 0 radical (unpaired) electrons. The molecule has 0 spiro atoms. The minimum atomic E-state index is -0.221. The Hall–Kier alpha value is -1.25. The van der Waals surface area contributed by atoms with E-state index in [0.29, 0.717) is 17.4 Å². The van der Waals surface area contributed by atoms with E-state index in [1.54, 1.807) is 6.07 Å². The largest absolute Gasteiger partial charge is 0.370 e. The van der Waals surface area contributed by atoms with Gasteiger partial charge in [-0.1, -0.05) is 29.8 Å². The number of hydrogen-bond acceptors (Lipinski definition) is 1. The van der Waals surface area contributed by atoms with Crippen LogP contribution in [0.1, 0.15) is 11.1 Å². The van der Waals surface area contributed by atoms with Crippen LogP contribution in [0.15, 0.2) is 42.5 Å². The molecule has 0 aliphatic heterocycles. The molecule has 0 aliphatic rings. The number of hydrogen-bond donors (Lipinski definition) is 0. The molecule has 2 rings (SSSR count). The molecule has 0 aliphatic carbocycles. The molecule has 0 aromatic heterocycles. The molecule has 2 aromatic rings. The standard InChI is InChI=1S/C15H14Cl2FN/c1-19(10-11-3-2-4-13(18)7-11)14-6-5-12(9-16)15(17)8-14/h2-8H,9-10H2,1H3. The predicted octanol–water partition coefficient (Wildman–Crippen LogP) is 4.85. The molecular weight excluding hydrogens is 284 g/mol. The molecule has 0 fully saturated rings. The summed E-state index contributed by atoms with van der Waals surface area (Å²) in [6.45, 7) is 0.619. The third-order valence-corrected chi connectivity index (χ3v) is 3.57. The van der Waals surface area contributed by atoms with E-state index < -0.39 is 0 Å². The van der Waals surface area contributed by atoms with Crippen molar-refractivity contribution >= 4 is 28.9 Å². The molecular formula is C15H14Cl2FN. The van der Waals surface area contributed by atoms with Gasteiger partial charge >= 0.3 is 0 Å². The highest BCUT2D eigenvalue weighted by atomic mass is 35.5. The van der Waals surface area contributed by atoms with Gasteiger partial charge in [-0.3, -0.25) is 0 Å². The Balaban J connectivity index is 2.15. The molecule has 100 valence electrons. The zero-order valence-electron chi connectivity index (χ0n) is 10.5. The van der Waals surface area contributed by atoms with E-state index in [0.717, 1.165) is 16.8 Å². The highest BCUT2D eigenvalue weighted by Crippen LogP contribution is 2.25. The zero-order chi connectivity index (χ0) is 13.8. The van der Waals surface area contributed by atoms with E-state index in [9.17, 15) is 4.39 Å². The first-order valence-electron chi connectivity index (χ1n) is 5.90. The highest BCUT2D eigenvalue weighted by molar-refractivity contribution is 6.32. The summed E-state index contributed by atoms with van der Waals surface area (Å²) in [4.78, 5) is 2.01. The molecule has 1 nitrogen and oxygen atoms in total. The maximum absolute atomic E-state index is 13.1. The van der Waals surface area contributed by atoms with Crippen LogP contribution in [-0.4, -0.2) is 7.05 Å². The van der Waals surface area contributed by atoms with Gasteiger partial charge in [0, 0.05) is 30.2 Å². The van der Waals surface area contributed by atoms with Gasteiger partial charge in [0.1, 0.15) is 5.82 Å². The number of benzene rings is 2. The van der Waals surface area contributed by atoms with E-state index in [-0.39, 0.29) is 5.82 Å². The lowest BCUT2D eigenvalue weighted by atomic mass is 10.2. The number of alkyl halides is 1. The van der Waals surface area contributed by atoms with Crippen molar-refractivity contribution in [2.24, 2.45) is 0 Å². The van der Waals surface area contributed by atoms with E-state index in [4.69, 9.17) is 23.2 Å². The fourth-order valence-electron chi connectivity index (χ4n) is 1.88. The predicted molar refractivity (Wildman–Crippen MR) is 79.5 cm³/mol. The summed E-state index contributed by atoms with van der Waals surface area (Å²) in [7, 11) is 1.94. The number of halogens is 3. The van der Waals surface area contributed by atoms with Gasteiger partial charge in [-0.25, -0.2) is 4.39 Å². The van der Waals surface area contributed by atoms with Gasteiger partial charge in [0.2, 0.25) is 0 Å². The SMILES string of the molecule is CN(Cc1cccc(F)c1)c1ccc(CCl)c(Cl)c1. The van der Waals surface area contributed by atoms with E-state index >= 15 is 0 Å². The number of rotatable bonds is 4. The summed E-state index contributed by atoms with van der Waals surface area (Å²) in [5.41, 5.74) is 2.80. The number of nitrogens with zero attached hydrogens (tertiary/aromatic N) is 1. The maximum Gasteiger partial charge on any atom is 0.123 e. The summed E-state index contributed by atoms with van der Waals surface area (Å²) in [6, 6.07) is 12.3. The normalized spacial score (nSPS) is 10.5. The maximum atomic E-state index is 13.1. The van der Waals surface area contributed by atoms with Gasteiger partial charge in [0.25, 0.3) is 0 Å². The Morgan fingerprint density at radius 1 is 1.16 bits per heavy atom. The van der Waals surface area contributed by atoms with Gasteiger partial charge in [-0.2, -0.15) is 0 Å². The second kappa shape index (κ2) is 6.27. The average molecular weight is 298 g/mol. The summed E-state index contributed by atoms with van der Waals surface area (Å²) >= 11 is 11.9.